The number of fused-ring (bicyclic) bond motifs is 3. The van der Waals surface area contributed by atoms with Crippen LogP contribution >= 0.6 is 0 Å². The van der Waals surface area contributed by atoms with Crippen LogP contribution in [0.3, 0.4) is 0 Å². The second-order valence-corrected chi connectivity index (χ2v) is 12.0. The van der Waals surface area contributed by atoms with Crippen LogP contribution in [0.25, 0.3) is 11.1 Å². The molecular weight excluding hydrogens is 342 g/mol. The fourth-order valence-corrected chi connectivity index (χ4v) is 5.74. The summed E-state index contributed by atoms with van der Waals surface area (Å²) in [4.78, 5) is 0. The van der Waals surface area contributed by atoms with Crippen LogP contribution < -0.4 is 5.32 Å². The Morgan fingerprint density at radius 3 is 2.15 bits per heavy atom. The summed E-state index contributed by atoms with van der Waals surface area (Å²) in [7, 11) is -0.406. The quantitative estimate of drug-likeness (QED) is 0.480. The predicted octanol–water partition coefficient (Wildman–Crippen LogP) is 6.83. The highest BCUT2D eigenvalue weighted by Crippen LogP contribution is 2.43. The SMILES string of the molecule is CC(C)c1ccc2c(c1)-c1cc(C(C)C)cc(NC(C)(C)C=[Si](C)C)c1C2. The number of anilines is 1. The Kier molecular flexibility index (Phi) is 5.49. The predicted molar refractivity (Wildman–Crippen MR) is 124 cm³/mol. The zero-order valence-corrected chi connectivity index (χ0v) is 19.3. The van der Waals surface area contributed by atoms with E-state index in [0.29, 0.717) is 11.8 Å². The second-order valence-electron chi connectivity index (χ2n) is 9.57. The summed E-state index contributed by atoms with van der Waals surface area (Å²) >= 11 is 0. The lowest BCUT2D eigenvalue weighted by Crippen LogP contribution is -2.35. The average molecular weight is 378 g/mol. The summed E-state index contributed by atoms with van der Waals surface area (Å²) in [6, 6.07) is 11.9. The minimum absolute atomic E-state index is 0.0129. The first kappa shape index (κ1) is 20.1. The molecule has 3 rings (SSSR count). The van der Waals surface area contributed by atoms with Gasteiger partial charge in [-0.25, -0.2) is 0 Å². The molecule has 0 saturated carbocycles. The lowest BCUT2D eigenvalue weighted by atomic mass is 9.93. The summed E-state index contributed by atoms with van der Waals surface area (Å²) in [5.74, 6) is 1.09. The van der Waals surface area contributed by atoms with Crippen molar-refractivity contribution in [3.63, 3.8) is 0 Å². The van der Waals surface area contributed by atoms with Crippen LogP contribution in [0.1, 0.15) is 75.6 Å². The molecule has 1 aliphatic rings. The normalized spacial score (nSPS) is 13.0. The minimum atomic E-state index is -0.406. The molecule has 0 bridgehead atoms. The summed E-state index contributed by atoms with van der Waals surface area (Å²) in [6.45, 7) is 18.5. The highest BCUT2D eigenvalue weighted by Gasteiger charge is 2.25. The van der Waals surface area contributed by atoms with Crippen LogP contribution in [0.5, 0.6) is 0 Å². The van der Waals surface area contributed by atoms with Crippen molar-refractivity contribution in [2.24, 2.45) is 0 Å². The van der Waals surface area contributed by atoms with Gasteiger partial charge in [-0.3, -0.25) is 0 Å². The molecule has 1 nitrogen and oxygen atoms in total. The number of hydrogen-bond donors (Lipinski definition) is 1. The van der Waals surface area contributed by atoms with E-state index >= 15 is 0 Å². The van der Waals surface area contributed by atoms with Crippen molar-refractivity contribution < 1.29 is 0 Å². The van der Waals surface area contributed by atoms with E-state index in [0.717, 1.165) is 6.42 Å². The molecule has 0 atom stereocenters. The molecular formula is C25H35NSi. The smallest absolute Gasteiger partial charge is 0.0461 e. The number of rotatable bonds is 5. The van der Waals surface area contributed by atoms with Crippen molar-refractivity contribution in [1.82, 2.24) is 0 Å². The molecule has 0 amide bonds. The van der Waals surface area contributed by atoms with Crippen LogP contribution in [0.2, 0.25) is 13.1 Å². The van der Waals surface area contributed by atoms with E-state index in [1.165, 1.54) is 39.1 Å². The molecule has 2 aromatic rings. The molecule has 2 aromatic carbocycles. The maximum atomic E-state index is 3.89. The van der Waals surface area contributed by atoms with Gasteiger partial charge in [-0.15, -0.1) is 0 Å². The van der Waals surface area contributed by atoms with Crippen LogP contribution in [-0.4, -0.2) is 19.6 Å². The van der Waals surface area contributed by atoms with Gasteiger partial charge in [0.05, 0.1) is 0 Å². The van der Waals surface area contributed by atoms with E-state index in [-0.39, 0.29) is 5.54 Å². The van der Waals surface area contributed by atoms with E-state index in [1.54, 1.807) is 0 Å². The third-order valence-corrected chi connectivity index (χ3v) is 6.80. The van der Waals surface area contributed by atoms with Gasteiger partial charge in [-0.2, -0.15) is 0 Å². The third-order valence-electron chi connectivity index (χ3n) is 5.50. The summed E-state index contributed by atoms with van der Waals surface area (Å²) in [5, 5.41) is 3.89. The van der Waals surface area contributed by atoms with Crippen molar-refractivity contribution in [2.75, 3.05) is 5.32 Å². The van der Waals surface area contributed by atoms with Crippen LogP contribution in [0.4, 0.5) is 5.69 Å². The van der Waals surface area contributed by atoms with Crippen LogP contribution in [-0.2, 0) is 6.42 Å². The summed E-state index contributed by atoms with van der Waals surface area (Å²) in [5.41, 5.74) is 12.5. The first-order chi connectivity index (χ1) is 12.6. The first-order valence-corrected chi connectivity index (χ1v) is 12.9. The van der Waals surface area contributed by atoms with Gasteiger partial charge in [0.2, 0.25) is 0 Å². The van der Waals surface area contributed by atoms with Crippen molar-refractivity contribution in [1.29, 1.82) is 0 Å². The second kappa shape index (κ2) is 7.39. The van der Waals surface area contributed by atoms with E-state index < -0.39 is 8.41 Å². The van der Waals surface area contributed by atoms with E-state index in [1.807, 2.05) is 0 Å². The molecule has 0 fully saturated rings. The molecule has 0 radical (unpaired) electrons. The molecule has 2 heteroatoms. The minimum Gasteiger partial charge on any atom is -0.377 e. The number of benzene rings is 2. The Bertz CT molecular complexity index is 883. The Morgan fingerprint density at radius 1 is 0.926 bits per heavy atom. The lowest BCUT2D eigenvalue weighted by molar-refractivity contribution is 0.780. The van der Waals surface area contributed by atoms with Crippen molar-refractivity contribution >= 4 is 19.8 Å². The van der Waals surface area contributed by atoms with Gasteiger partial charge >= 0.3 is 0 Å². The number of nitrogens with one attached hydrogen (secondary N) is 1. The maximum absolute atomic E-state index is 3.89. The van der Waals surface area contributed by atoms with Gasteiger partial charge in [-0.1, -0.05) is 70.7 Å². The molecule has 0 spiro atoms. The van der Waals surface area contributed by atoms with Crippen LogP contribution in [0, 0.1) is 0 Å². The molecule has 1 N–H and O–H groups in total. The Labute approximate surface area is 167 Å². The topological polar surface area (TPSA) is 12.0 Å². The molecule has 0 aromatic heterocycles. The monoisotopic (exact) mass is 377 g/mol. The van der Waals surface area contributed by atoms with Gasteiger partial charge in [0, 0.05) is 26.1 Å². The molecule has 27 heavy (non-hydrogen) atoms. The van der Waals surface area contributed by atoms with Gasteiger partial charge in [-0.05, 0) is 65.1 Å². The molecule has 0 aliphatic heterocycles. The van der Waals surface area contributed by atoms with Crippen molar-refractivity contribution in [3.05, 3.63) is 52.6 Å². The number of hydrogen-bond acceptors (Lipinski definition) is 1. The fraction of sp³-hybridized carbons (Fsp3) is 0.480. The molecule has 0 heterocycles. The lowest BCUT2D eigenvalue weighted by Gasteiger charge is -2.27. The standard InChI is InChI=1S/C25H35NSi/c1-16(2)18-9-10-19-12-23-22(21(19)11-18)13-20(17(3)4)14-24(23)26-25(5,6)15-27(7)8/h9-11,13-17,26H,12H2,1-8H3. The van der Waals surface area contributed by atoms with E-state index in [2.05, 4.69) is 96.0 Å². The van der Waals surface area contributed by atoms with Gasteiger partial charge in [0.25, 0.3) is 0 Å². The fourth-order valence-electron chi connectivity index (χ4n) is 4.22. The average Bonchev–Trinajstić information content (AvgIpc) is 2.91. The third kappa shape index (κ3) is 4.26. The maximum Gasteiger partial charge on any atom is 0.0461 e. The van der Waals surface area contributed by atoms with Gasteiger partial charge in [0.1, 0.15) is 0 Å². The zero-order valence-electron chi connectivity index (χ0n) is 18.3. The van der Waals surface area contributed by atoms with E-state index in [9.17, 15) is 0 Å². The first-order valence-electron chi connectivity index (χ1n) is 10.3. The Morgan fingerprint density at radius 2 is 1.56 bits per heavy atom. The summed E-state index contributed by atoms with van der Waals surface area (Å²) < 4.78 is 0. The highest BCUT2D eigenvalue weighted by atomic mass is 28.2. The summed E-state index contributed by atoms with van der Waals surface area (Å²) in [6.07, 6.45) is 1.04. The van der Waals surface area contributed by atoms with Gasteiger partial charge < -0.3 is 5.32 Å². The molecule has 0 saturated heterocycles. The molecule has 144 valence electrons. The molecule has 0 unspecified atom stereocenters. The Balaban J connectivity index is 2.13. The highest BCUT2D eigenvalue weighted by molar-refractivity contribution is 6.64. The molecule has 1 aliphatic carbocycles. The Hall–Kier alpha value is -1.67. The van der Waals surface area contributed by atoms with E-state index in [4.69, 9.17) is 0 Å². The van der Waals surface area contributed by atoms with Crippen molar-refractivity contribution in [3.8, 4) is 11.1 Å². The van der Waals surface area contributed by atoms with Crippen molar-refractivity contribution in [2.45, 2.75) is 78.4 Å². The van der Waals surface area contributed by atoms with Gasteiger partial charge in [0.15, 0.2) is 0 Å². The largest absolute Gasteiger partial charge is 0.377 e. The van der Waals surface area contributed by atoms with Crippen LogP contribution in [0.15, 0.2) is 30.3 Å². The zero-order chi connectivity index (χ0) is 19.9.